The molecule has 0 saturated heterocycles. The number of hydrogen-bond donors (Lipinski definition) is 3. The fraction of sp³-hybridized carbons (Fsp3) is 0.300. The SMILES string of the molecule is COc1cccc2c1C(C1(N)Nc3ccc(Nc4nnc(C(F)(F)F)o4)cc3CO1)CO2. The first-order chi connectivity index (χ1) is 15.3. The molecule has 3 aromatic rings. The van der Waals surface area contributed by atoms with Crippen molar-refractivity contribution in [2.45, 2.75) is 24.6 Å². The number of aromatic nitrogens is 2. The van der Waals surface area contributed by atoms with E-state index in [2.05, 4.69) is 25.2 Å². The van der Waals surface area contributed by atoms with Gasteiger partial charge in [0.05, 0.1) is 19.6 Å². The van der Waals surface area contributed by atoms with Gasteiger partial charge in [0.15, 0.2) is 0 Å². The van der Waals surface area contributed by atoms with Gasteiger partial charge in [-0.2, -0.15) is 13.2 Å². The lowest BCUT2D eigenvalue weighted by Gasteiger charge is -2.40. The van der Waals surface area contributed by atoms with Crippen LogP contribution in [0, 0.1) is 0 Å². The molecule has 9 nitrogen and oxygen atoms in total. The number of nitrogens with two attached hydrogens (primary N) is 1. The van der Waals surface area contributed by atoms with Crippen LogP contribution < -0.4 is 25.8 Å². The number of ether oxygens (including phenoxy) is 3. The second-order valence-electron chi connectivity index (χ2n) is 7.35. The third-order valence-electron chi connectivity index (χ3n) is 5.34. The minimum absolute atomic E-state index is 0.160. The maximum absolute atomic E-state index is 12.6. The van der Waals surface area contributed by atoms with Gasteiger partial charge < -0.3 is 29.3 Å². The van der Waals surface area contributed by atoms with Crippen LogP contribution in [0.4, 0.5) is 30.6 Å². The van der Waals surface area contributed by atoms with Crippen LogP contribution in [0.5, 0.6) is 11.5 Å². The second kappa shape index (κ2) is 7.28. The van der Waals surface area contributed by atoms with Crippen LogP contribution in [-0.2, 0) is 17.5 Å². The summed E-state index contributed by atoms with van der Waals surface area (Å²) < 4.78 is 59.7. The molecule has 0 saturated carbocycles. The maximum Gasteiger partial charge on any atom is 0.470 e. The number of nitrogens with one attached hydrogen (secondary N) is 2. The standard InChI is InChI=1S/C20H18F3N5O4/c1-29-14-3-2-4-15-16(14)12(9-30-15)20(24)26-13-6-5-11(7-10(13)8-31-20)25-18-28-27-17(32-18)19(21,22)23/h2-7,12,26H,8-9,24H2,1H3,(H,25,28). The summed E-state index contributed by atoms with van der Waals surface area (Å²) in [6, 6.07) is 10.2. The van der Waals surface area contributed by atoms with E-state index in [0.717, 1.165) is 11.1 Å². The predicted octanol–water partition coefficient (Wildman–Crippen LogP) is 3.57. The topological polar surface area (TPSA) is 117 Å². The molecule has 2 aliphatic heterocycles. The van der Waals surface area contributed by atoms with Crippen molar-refractivity contribution in [1.29, 1.82) is 0 Å². The summed E-state index contributed by atoms with van der Waals surface area (Å²) in [5.74, 6) is -1.67. The molecule has 5 rings (SSSR count). The lowest BCUT2D eigenvalue weighted by molar-refractivity contribution is -0.156. The van der Waals surface area contributed by atoms with Crippen LogP contribution in [0.3, 0.4) is 0 Å². The highest BCUT2D eigenvalue weighted by Crippen LogP contribution is 2.47. The lowest BCUT2D eigenvalue weighted by Crippen LogP contribution is -2.57. The highest BCUT2D eigenvalue weighted by molar-refractivity contribution is 5.64. The quantitative estimate of drug-likeness (QED) is 0.550. The molecule has 4 N–H and O–H groups in total. The number of halogens is 3. The Morgan fingerprint density at radius 3 is 2.84 bits per heavy atom. The first-order valence-corrected chi connectivity index (χ1v) is 9.58. The zero-order valence-electron chi connectivity index (χ0n) is 16.7. The number of alkyl halides is 3. The first-order valence-electron chi connectivity index (χ1n) is 9.58. The number of fused-ring (bicyclic) bond motifs is 2. The lowest BCUT2D eigenvalue weighted by atomic mass is 9.93. The summed E-state index contributed by atoms with van der Waals surface area (Å²) in [6.45, 7) is 0.472. The summed E-state index contributed by atoms with van der Waals surface area (Å²) >= 11 is 0. The molecule has 0 amide bonds. The summed E-state index contributed by atoms with van der Waals surface area (Å²) in [5, 5.41) is 12.2. The zero-order valence-corrected chi connectivity index (χ0v) is 16.7. The highest BCUT2D eigenvalue weighted by Gasteiger charge is 2.46. The molecule has 2 unspecified atom stereocenters. The molecule has 12 heteroatoms. The maximum atomic E-state index is 12.6. The largest absolute Gasteiger partial charge is 0.496 e. The van der Waals surface area contributed by atoms with Gasteiger partial charge in [-0.05, 0) is 30.3 Å². The van der Waals surface area contributed by atoms with E-state index < -0.39 is 17.9 Å². The van der Waals surface area contributed by atoms with Gasteiger partial charge in [-0.25, -0.2) is 0 Å². The Labute approximate surface area is 179 Å². The Morgan fingerprint density at radius 1 is 1.25 bits per heavy atom. The van der Waals surface area contributed by atoms with E-state index in [1.807, 2.05) is 18.2 Å². The van der Waals surface area contributed by atoms with E-state index >= 15 is 0 Å². The van der Waals surface area contributed by atoms with E-state index in [1.165, 1.54) is 0 Å². The summed E-state index contributed by atoms with van der Waals surface area (Å²) in [7, 11) is 1.58. The van der Waals surface area contributed by atoms with Crippen molar-refractivity contribution in [3.05, 3.63) is 53.4 Å². The molecule has 2 aliphatic rings. The average molecular weight is 449 g/mol. The second-order valence-corrected chi connectivity index (χ2v) is 7.35. The molecule has 32 heavy (non-hydrogen) atoms. The third kappa shape index (κ3) is 3.46. The van der Waals surface area contributed by atoms with Gasteiger partial charge in [-0.1, -0.05) is 11.2 Å². The molecule has 3 heterocycles. The highest BCUT2D eigenvalue weighted by atomic mass is 19.4. The summed E-state index contributed by atoms with van der Waals surface area (Å²) in [5.41, 5.74) is 9.33. The predicted molar refractivity (Wildman–Crippen MR) is 106 cm³/mol. The van der Waals surface area contributed by atoms with Crippen molar-refractivity contribution in [1.82, 2.24) is 10.2 Å². The zero-order chi connectivity index (χ0) is 22.5. The molecule has 0 bridgehead atoms. The molecular weight excluding hydrogens is 431 g/mol. The molecular formula is C20H18F3N5O4. The van der Waals surface area contributed by atoms with Crippen molar-refractivity contribution in [2.24, 2.45) is 5.73 Å². The van der Waals surface area contributed by atoms with Crippen molar-refractivity contribution < 1.29 is 31.8 Å². The average Bonchev–Trinajstić information content (AvgIpc) is 3.41. The van der Waals surface area contributed by atoms with Gasteiger partial charge in [0, 0.05) is 22.5 Å². The number of anilines is 3. The van der Waals surface area contributed by atoms with Gasteiger partial charge in [0.1, 0.15) is 18.1 Å². The van der Waals surface area contributed by atoms with Gasteiger partial charge in [-0.15, -0.1) is 5.10 Å². The van der Waals surface area contributed by atoms with Crippen LogP contribution in [0.15, 0.2) is 40.8 Å². The summed E-state index contributed by atoms with van der Waals surface area (Å²) in [4.78, 5) is 0. The van der Waals surface area contributed by atoms with Gasteiger partial charge in [0.25, 0.3) is 0 Å². The molecule has 0 spiro atoms. The smallest absolute Gasteiger partial charge is 0.470 e. The normalized spacial score (nSPS) is 21.8. The van der Waals surface area contributed by atoms with E-state index in [9.17, 15) is 13.2 Å². The monoisotopic (exact) mass is 449 g/mol. The third-order valence-corrected chi connectivity index (χ3v) is 5.34. The summed E-state index contributed by atoms with van der Waals surface area (Å²) in [6.07, 6.45) is -4.71. The van der Waals surface area contributed by atoms with Crippen LogP contribution in [0.25, 0.3) is 0 Å². The molecule has 2 atom stereocenters. The fourth-order valence-corrected chi connectivity index (χ4v) is 3.82. The van der Waals surface area contributed by atoms with Crippen molar-refractivity contribution >= 4 is 17.4 Å². The molecule has 1 aromatic heterocycles. The van der Waals surface area contributed by atoms with Gasteiger partial charge in [-0.3, -0.25) is 5.73 Å². The molecule has 168 valence electrons. The Morgan fingerprint density at radius 2 is 2.09 bits per heavy atom. The minimum atomic E-state index is -4.71. The van der Waals surface area contributed by atoms with Crippen LogP contribution in [-0.4, -0.2) is 29.8 Å². The number of rotatable bonds is 4. The fourth-order valence-electron chi connectivity index (χ4n) is 3.82. The molecule has 0 fully saturated rings. The number of methoxy groups -OCH3 is 1. The minimum Gasteiger partial charge on any atom is -0.496 e. The molecule has 0 radical (unpaired) electrons. The Bertz CT molecular complexity index is 1170. The Balaban J connectivity index is 1.36. The van der Waals surface area contributed by atoms with E-state index in [-0.39, 0.29) is 18.5 Å². The van der Waals surface area contributed by atoms with Crippen LogP contribution in [0.2, 0.25) is 0 Å². The van der Waals surface area contributed by atoms with Crippen LogP contribution in [0.1, 0.15) is 22.9 Å². The van der Waals surface area contributed by atoms with E-state index in [1.54, 1.807) is 25.3 Å². The number of benzene rings is 2. The first kappa shape index (κ1) is 20.4. The van der Waals surface area contributed by atoms with Gasteiger partial charge in [0.2, 0.25) is 5.85 Å². The molecule has 2 aromatic carbocycles. The van der Waals surface area contributed by atoms with E-state index in [0.29, 0.717) is 29.5 Å². The Kier molecular flexibility index (Phi) is 4.64. The van der Waals surface area contributed by atoms with Crippen LogP contribution >= 0.6 is 0 Å². The van der Waals surface area contributed by atoms with Crippen molar-refractivity contribution in [3.63, 3.8) is 0 Å². The Hall–Kier alpha value is -3.51. The van der Waals surface area contributed by atoms with E-state index in [4.69, 9.17) is 19.9 Å². The van der Waals surface area contributed by atoms with Gasteiger partial charge >= 0.3 is 18.1 Å². The number of nitrogens with zero attached hydrogens (tertiary/aromatic N) is 2. The van der Waals surface area contributed by atoms with Crippen molar-refractivity contribution in [3.8, 4) is 11.5 Å². The van der Waals surface area contributed by atoms with Crippen molar-refractivity contribution in [2.75, 3.05) is 24.4 Å². The number of hydrogen-bond acceptors (Lipinski definition) is 9. The molecule has 0 aliphatic carbocycles.